The lowest BCUT2D eigenvalue weighted by Gasteiger charge is -2.32. The maximum atomic E-state index is 5.64. The zero-order valence-electron chi connectivity index (χ0n) is 7.83. The SMILES string of the molecule is CC(C)B1OC[C@H](C)[C@H](C)O1. The van der Waals surface area contributed by atoms with Gasteiger partial charge in [0.25, 0.3) is 0 Å². The molecular formula is C8H17BO2. The van der Waals surface area contributed by atoms with Gasteiger partial charge in [-0.25, -0.2) is 0 Å². The summed E-state index contributed by atoms with van der Waals surface area (Å²) in [5.41, 5.74) is 0. The third-order valence-electron chi connectivity index (χ3n) is 2.22. The Morgan fingerprint density at radius 1 is 1.36 bits per heavy atom. The average Bonchev–Trinajstić information content (AvgIpc) is 1.94. The first-order valence-corrected chi connectivity index (χ1v) is 4.38. The summed E-state index contributed by atoms with van der Waals surface area (Å²) in [7, 11) is 0.0150. The van der Waals surface area contributed by atoms with Crippen LogP contribution in [-0.2, 0) is 9.31 Å². The van der Waals surface area contributed by atoms with E-state index in [1.54, 1.807) is 0 Å². The Balaban J connectivity index is 2.40. The van der Waals surface area contributed by atoms with E-state index in [4.69, 9.17) is 9.31 Å². The first-order chi connectivity index (χ1) is 5.11. The summed E-state index contributed by atoms with van der Waals surface area (Å²) in [5, 5.41) is 0. The largest absolute Gasteiger partial charge is 0.459 e. The molecule has 11 heavy (non-hydrogen) atoms. The van der Waals surface area contributed by atoms with E-state index in [9.17, 15) is 0 Å². The first-order valence-electron chi connectivity index (χ1n) is 4.38. The Morgan fingerprint density at radius 3 is 2.45 bits per heavy atom. The fraction of sp³-hybridized carbons (Fsp3) is 1.00. The van der Waals surface area contributed by atoms with Crippen LogP contribution < -0.4 is 0 Å². The molecule has 0 aromatic rings. The summed E-state index contributed by atoms with van der Waals surface area (Å²) in [6, 6.07) is 0. The summed E-state index contributed by atoms with van der Waals surface area (Å²) in [5.74, 6) is 0.995. The maximum Gasteiger partial charge on any atom is 0.459 e. The highest BCUT2D eigenvalue weighted by Crippen LogP contribution is 2.21. The van der Waals surface area contributed by atoms with Crippen molar-refractivity contribution in [2.75, 3.05) is 6.61 Å². The van der Waals surface area contributed by atoms with Crippen LogP contribution >= 0.6 is 0 Å². The smallest absolute Gasteiger partial charge is 0.411 e. The molecule has 0 amide bonds. The molecule has 0 aliphatic carbocycles. The van der Waals surface area contributed by atoms with Crippen LogP contribution in [0, 0.1) is 5.92 Å². The molecule has 0 aromatic carbocycles. The second-order valence-electron chi connectivity index (χ2n) is 3.76. The van der Waals surface area contributed by atoms with Crippen LogP contribution in [0.15, 0.2) is 0 Å². The van der Waals surface area contributed by atoms with E-state index >= 15 is 0 Å². The van der Waals surface area contributed by atoms with Gasteiger partial charge in [0.1, 0.15) is 0 Å². The van der Waals surface area contributed by atoms with Gasteiger partial charge in [-0.15, -0.1) is 0 Å². The summed E-state index contributed by atoms with van der Waals surface area (Å²) >= 11 is 0. The Hall–Kier alpha value is -0.0151. The van der Waals surface area contributed by atoms with Crippen molar-refractivity contribution in [1.29, 1.82) is 0 Å². The lowest BCUT2D eigenvalue weighted by molar-refractivity contribution is 0.0278. The van der Waals surface area contributed by atoms with E-state index in [1.165, 1.54) is 0 Å². The van der Waals surface area contributed by atoms with Gasteiger partial charge >= 0.3 is 7.12 Å². The van der Waals surface area contributed by atoms with Crippen LogP contribution in [-0.4, -0.2) is 19.8 Å². The molecule has 0 radical (unpaired) electrons. The summed E-state index contributed by atoms with van der Waals surface area (Å²) < 4.78 is 11.1. The van der Waals surface area contributed by atoms with Crippen molar-refractivity contribution in [3.8, 4) is 0 Å². The molecule has 1 heterocycles. The monoisotopic (exact) mass is 156 g/mol. The first kappa shape index (κ1) is 9.08. The fourth-order valence-corrected chi connectivity index (χ4v) is 1.12. The van der Waals surface area contributed by atoms with Crippen molar-refractivity contribution in [1.82, 2.24) is 0 Å². The molecule has 0 unspecified atom stereocenters. The van der Waals surface area contributed by atoms with E-state index in [-0.39, 0.29) is 7.12 Å². The Kier molecular flexibility index (Phi) is 2.96. The van der Waals surface area contributed by atoms with Crippen molar-refractivity contribution >= 4 is 7.12 Å². The van der Waals surface area contributed by atoms with Crippen LogP contribution in [0.2, 0.25) is 5.82 Å². The molecule has 1 fully saturated rings. The summed E-state index contributed by atoms with van der Waals surface area (Å²) in [6.45, 7) is 9.34. The molecule has 1 aliphatic heterocycles. The molecule has 2 nitrogen and oxygen atoms in total. The van der Waals surface area contributed by atoms with Gasteiger partial charge < -0.3 is 9.31 Å². The summed E-state index contributed by atoms with van der Waals surface area (Å²) in [4.78, 5) is 0. The molecule has 0 saturated carbocycles. The van der Waals surface area contributed by atoms with Gasteiger partial charge in [-0.3, -0.25) is 0 Å². The maximum absolute atomic E-state index is 5.64. The second-order valence-corrected chi connectivity index (χ2v) is 3.76. The Labute approximate surface area is 69.4 Å². The van der Waals surface area contributed by atoms with Gasteiger partial charge in [-0.1, -0.05) is 20.8 Å². The van der Waals surface area contributed by atoms with Crippen LogP contribution in [0.1, 0.15) is 27.7 Å². The highest BCUT2D eigenvalue weighted by Gasteiger charge is 2.32. The number of hydrogen-bond donors (Lipinski definition) is 0. The van der Waals surface area contributed by atoms with Crippen molar-refractivity contribution < 1.29 is 9.31 Å². The minimum Gasteiger partial charge on any atom is -0.411 e. The normalized spacial score (nSPS) is 33.0. The fourth-order valence-electron chi connectivity index (χ4n) is 1.12. The van der Waals surface area contributed by atoms with Crippen molar-refractivity contribution in [3.05, 3.63) is 0 Å². The minimum atomic E-state index is 0.0150. The molecule has 1 saturated heterocycles. The highest BCUT2D eigenvalue weighted by molar-refractivity contribution is 6.46. The molecular weight excluding hydrogens is 139 g/mol. The van der Waals surface area contributed by atoms with Crippen molar-refractivity contribution in [2.24, 2.45) is 5.92 Å². The molecule has 3 heteroatoms. The third kappa shape index (κ3) is 2.21. The van der Waals surface area contributed by atoms with Gasteiger partial charge in [0, 0.05) is 18.6 Å². The Bertz CT molecular complexity index is 127. The molecule has 0 N–H and O–H groups in total. The molecule has 2 atom stereocenters. The average molecular weight is 156 g/mol. The van der Waals surface area contributed by atoms with Gasteiger partial charge in [0.05, 0.1) is 0 Å². The molecule has 0 spiro atoms. The zero-order chi connectivity index (χ0) is 8.43. The van der Waals surface area contributed by atoms with Gasteiger partial charge in [0.2, 0.25) is 0 Å². The van der Waals surface area contributed by atoms with Crippen LogP contribution in [0.4, 0.5) is 0 Å². The molecule has 0 bridgehead atoms. The van der Waals surface area contributed by atoms with E-state index in [0.717, 1.165) is 6.61 Å². The van der Waals surface area contributed by atoms with Crippen LogP contribution in [0.3, 0.4) is 0 Å². The number of rotatable bonds is 1. The van der Waals surface area contributed by atoms with E-state index in [0.29, 0.717) is 17.8 Å². The van der Waals surface area contributed by atoms with Crippen LogP contribution in [0.5, 0.6) is 0 Å². The topological polar surface area (TPSA) is 18.5 Å². The molecule has 0 aromatic heterocycles. The van der Waals surface area contributed by atoms with Crippen molar-refractivity contribution in [2.45, 2.75) is 39.6 Å². The lowest BCUT2D eigenvalue weighted by Crippen LogP contribution is -2.41. The van der Waals surface area contributed by atoms with Gasteiger partial charge in [0.15, 0.2) is 0 Å². The third-order valence-corrected chi connectivity index (χ3v) is 2.22. The van der Waals surface area contributed by atoms with Crippen molar-refractivity contribution in [3.63, 3.8) is 0 Å². The minimum absolute atomic E-state index is 0.0150. The van der Waals surface area contributed by atoms with Gasteiger partial charge in [-0.05, 0) is 12.7 Å². The Morgan fingerprint density at radius 2 is 2.00 bits per heavy atom. The highest BCUT2D eigenvalue weighted by atomic mass is 16.6. The molecule has 1 rings (SSSR count). The summed E-state index contributed by atoms with van der Waals surface area (Å²) in [6.07, 6.45) is 0.344. The predicted octanol–water partition coefficient (Wildman–Crippen LogP) is 1.96. The van der Waals surface area contributed by atoms with Crippen LogP contribution in [0.25, 0.3) is 0 Å². The molecule has 64 valence electrons. The molecule has 1 aliphatic rings. The lowest BCUT2D eigenvalue weighted by atomic mass is 9.72. The quantitative estimate of drug-likeness (QED) is 0.540. The standard InChI is InChI=1S/C8H17BO2/c1-6(2)9-10-5-7(3)8(4)11-9/h6-8H,5H2,1-4H3/t7-,8-/m0/s1. The van der Waals surface area contributed by atoms with E-state index in [2.05, 4.69) is 27.7 Å². The zero-order valence-corrected chi connectivity index (χ0v) is 7.83. The van der Waals surface area contributed by atoms with E-state index < -0.39 is 0 Å². The van der Waals surface area contributed by atoms with E-state index in [1.807, 2.05) is 0 Å². The second kappa shape index (κ2) is 3.59. The predicted molar refractivity (Wildman–Crippen MR) is 46.5 cm³/mol. The number of hydrogen-bond acceptors (Lipinski definition) is 2. The van der Waals surface area contributed by atoms with Gasteiger partial charge in [-0.2, -0.15) is 0 Å².